The van der Waals surface area contributed by atoms with Crippen LogP contribution in [0, 0.1) is 12.7 Å². The van der Waals surface area contributed by atoms with Crippen LogP contribution in [0.25, 0.3) is 11.1 Å². The van der Waals surface area contributed by atoms with Gasteiger partial charge in [0.2, 0.25) is 0 Å². The first-order chi connectivity index (χ1) is 9.99. The minimum Gasteiger partial charge on any atom is -0.407 e. The molecule has 0 saturated heterocycles. The lowest BCUT2D eigenvalue weighted by molar-refractivity contribution is 0.0956. The minimum atomic E-state index is -0.759. The first-order valence-corrected chi connectivity index (χ1v) is 6.89. The van der Waals surface area contributed by atoms with Crippen molar-refractivity contribution >= 4 is 32.9 Å². The third kappa shape index (κ3) is 2.21. The van der Waals surface area contributed by atoms with Gasteiger partial charge in [-0.25, -0.2) is 13.8 Å². The minimum absolute atomic E-state index is 0.158. The van der Waals surface area contributed by atoms with Crippen molar-refractivity contribution in [1.29, 1.82) is 0 Å². The monoisotopic (exact) mass is 349 g/mol. The maximum Gasteiger partial charge on any atom is 0.427 e. The first-order valence-electron chi connectivity index (χ1n) is 6.10. The van der Waals surface area contributed by atoms with E-state index in [1.807, 2.05) is 0 Å². The Morgan fingerprint density at radius 2 is 2.05 bits per heavy atom. The van der Waals surface area contributed by atoms with Gasteiger partial charge < -0.3 is 4.42 Å². The van der Waals surface area contributed by atoms with Gasteiger partial charge in [0, 0.05) is 5.56 Å². The van der Waals surface area contributed by atoms with Gasteiger partial charge in [-0.1, -0.05) is 12.1 Å². The Balaban J connectivity index is 2.24. The van der Waals surface area contributed by atoms with Crippen LogP contribution >= 0.6 is 15.9 Å². The highest BCUT2D eigenvalue weighted by Gasteiger charge is 2.19. The van der Waals surface area contributed by atoms with Crippen molar-refractivity contribution in [2.75, 3.05) is 0 Å². The number of oxazole rings is 1. The summed E-state index contributed by atoms with van der Waals surface area (Å²) >= 11 is 3.02. The predicted octanol–water partition coefficient (Wildman–Crippen LogP) is 3.49. The summed E-state index contributed by atoms with van der Waals surface area (Å²) < 4.78 is 19.5. The summed E-state index contributed by atoms with van der Waals surface area (Å²) in [6.07, 6.45) is 0. The Bertz CT molecular complexity index is 926. The highest BCUT2D eigenvalue weighted by molar-refractivity contribution is 9.10. The van der Waals surface area contributed by atoms with Crippen molar-refractivity contribution in [3.8, 4) is 0 Å². The fourth-order valence-corrected chi connectivity index (χ4v) is 2.55. The number of halogens is 2. The maximum atomic E-state index is 13.3. The number of carbonyl (C=O) groups excluding carboxylic acids is 1. The molecule has 3 aromatic rings. The van der Waals surface area contributed by atoms with Crippen LogP contribution in [0.2, 0.25) is 0 Å². The molecule has 3 rings (SSSR count). The fourth-order valence-electron chi connectivity index (χ4n) is 2.17. The molecule has 1 heterocycles. The van der Waals surface area contributed by atoms with Crippen LogP contribution in [-0.4, -0.2) is 10.5 Å². The zero-order valence-electron chi connectivity index (χ0n) is 10.9. The van der Waals surface area contributed by atoms with Crippen LogP contribution in [0.1, 0.15) is 15.9 Å². The Hall–Kier alpha value is -2.21. The standard InChI is InChI=1S/C15H9BrFNO3/c1-8-3-2-4-12-13(8)18(15(20)21-12)14(19)9-5-6-11(17)10(16)7-9/h2-7H,1H3. The lowest BCUT2D eigenvalue weighted by atomic mass is 10.2. The second-order valence-electron chi connectivity index (χ2n) is 4.56. The van der Waals surface area contributed by atoms with Gasteiger partial charge in [-0.2, -0.15) is 0 Å². The van der Waals surface area contributed by atoms with Crippen molar-refractivity contribution in [3.63, 3.8) is 0 Å². The molecule has 0 bridgehead atoms. The topological polar surface area (TPSA) is 52.2 Å². The number of aromatic nitrogens is 1. The average molecular weight is 350 g/mol. The molecule has 0 unspecified atom stereocenters. The highest BCUT2D eigenvalue weighted by Crippen LogP contribution is 2.21. The van der Waals surface area contributed by atoms with Gasteiger partial charge >= 0.3 is 5.76 Å². The summed E-state index contributed by atoms with van der Waals surface area (Å²) in [5.41, 5.74) is 1.70. The van der Waals surface area contributed by atoms with Gasteiger partial charge in [-0.15, -0.1) is 0 Å². The summed E-state index contributed by atoms with van der Waals surface area (Å²) in [6, 6.07) is 8.96. The van der Waals surface area contributed by atoms with Crippen molar-refractivity contribution < 1.29 is 13.6 Å². The Morgan fingerprint density at radius 3 is 2.76 bits per heavy atom. The van der Waals surface area contributed by atoms with E-state index in [9.17, 15) is 14.0 Å². The van der Waals surface area contributed by atoms with Gasteiger partial charge in [0.15, 0.2) is 5.58 Å². The maximum absolute atomic E-state index is 13.3. The van der Waals surface area contributed by atoms with Crippen LogP contribution in [0.4, 0.5) is 4.39 Å². The molecule has 0 amide bonds. The van der Waals surface area contributed by atoms with E-state index in [4.69, 9.17) is 4.42 Å². The molecule has 106 valence electrons. The first kappa shape index (κ1) is 13.8. The van der Waals surface area contributed by atoms with Gasteiger partial charge in [0.1, 0.15) is 11.3 Å². The molecule has 0 radical (unpaired) electrons. The van der Waals surface area contributed by atoms with Crippen molar-refractivity contribution in [1.82, 2.24) is 4.57 Å². The molecule has 0 aliphatic heterocycles. The molecule has 0 spiro atoms. The molecular weight excluding hydrogens is 341 g/mol. The van der Waals surface area contributed by atoms with E-state index in [-0.39, 0.29) is 10.0 Å². The van der Waals surface area contributed by atoms with E-state index < -0.39 is 17.5 Å². The zero-order chi connectivity index (χ0) is 15.1. The van der Waals surface area contributed by atoms with Crippen LogP contribution in [-0.2, 0) is 0 Å². The SMILES string of the molecule is Cc1cccc2oc(=O)n(C(=O)c3ccc(F)c(Br)c3)c12. The number of aryl methyl sites for hydroxylation is 1. The summed E-state index contributed by atoms with van der Waals surface area (Å²) in [7, 11) is 0. The lowest BCUT2D eigenvalue weighted by Gasteiger charge is -2.04. The average Bonchev–Trinajstić information content (AvgIpc) is 2.78. The number of fused-ring (bicyclic) bond motifs is 1. The Kier molecular flexibility index (Phi) is 3.25. The molecule has 0 aliphatic rings. The second-order valence-corrected chi connectivity index (χ2v) is 5.41. The Morgan fingerprint density at radius 1 is 1.29 bits per heavy atom. The largest absolute Gasteiger partial charge is 0.427 e. The lowest BCUT2D eigenvalue weighted by Crippen LogP contribution is -2.23. The van der Waals surface area contributed by atoms with E-state index in [0.717, 1.165) is 16.2 Å². The van der Waals surface area contributed by atoms with E-state index in [1.54, 1.807) is 25.1 Å². The third-order valence-electron chi connectivity index (χ3n) is 3.17. The number of rotatable bonds is 1. The van der Waals surface area contributed by atoms with E-state index in [2.05, 4.69) is 15.9 Å². The van der Waals surface area contributed by atoms with Gasteiger partial charge in [0.25, 0.3) is 5.91 Å². The molecular formula is C15H9BrFNO3. The van der Waals surface area contributed by atoms with Crippen LogP contribution < -0.4 is 5.76 Å². The third-order valence-corrected chi connectivity index (χ3v) is 3.78. The van der Waals surface area contributed by atoms with E-state index in [1.165, 1.54) is 12.1 Å². The molecule has 1 aromatic heterocycles. The van der Waals surface area contributed by atoms with Crippen LogP contribution in [0.3, 0.4) is 0 Å². The second kappa shape index (κ2) is 4.96. The van der Waals surface area contributed by atoms with Crippen molar-refractivity contribution in [2.45, 2.75) is 6.92 Å². The summed E-state index contributed by atoms with van der Waals surface area (Å²) in [6.45, 7) is 1.78. The van der Waals surface area contributed by atoms with Gasteiger partial charge in [0.05, 0.1) is 4.47 Å². The summed E-state index contributed by atoms with van der Waals surface area (Å²) in [5, 5.41) is 0. The number of carbonyl (C=O) groups is 1. The molecule has 4 nitrogen and oxygen atoms in total. The smallest absolute Gasteiger partial charge is 0.407 e. The molecule has 0 atom stereocenters. The van der Waals surface area contributed by atoms with Gasteiger partial charge in [-0.05, 0) is 52.7 Å². The van der Waals surface area contributed by atoms with Crippen molar-refractivity contribution in [2.24, 2.45) is 0 Å². The normalized spacial score (nSPS) is 11.0. The Labute approximate surface area is 126 Å². The van der Waals surface area contributed by atoms with Crippen molar-refractivity contribution in [3.05, 3.63) is 68.4 Å². The number of hydrogen-bond acceptors (Lipinski definition) is 3. The molecule has 0 fully saturated rings. The molecule has 6 heteroatoms. The highest BCUT2D eigenvalue weighted by atomic mass is 79.9. The molecule has 0 aliphatic carbocycles. The molecule has 0 saturated carbocycles. The van der Waals surface area contributed by atoms with E-state index >= 15 is 0 Å². The van der Waals surface area contributed by atoms with Crippen LogP contribution in [0.5, 0.6) is 0 Å². The number of hydrogen-bond donors (Lipinski definition) is 0. The zero-order valence-corrected chi connectivity index (χ0v) is 12.5. The number of para-hydroxylation sites is 1. The molecule has 2 aromatic carbocycles. The van der Waals surface area contributed by atoms with E-state index in [0.29, 0.717) is 11.1 Å². The molecule has 21 heavy (non-hydrogen) atoms. The van der Waals surface area contributed by atoms with Crippen LogP contribution in [0.15, 0.2) is 50.1 Å². The number of nitrogens with zero attached hydrogens (tertiary/aromatic N) is 1. The number of benzene rings is 2. The summed E-state index contributed by atoms with van der Waals surface area (Å²) in [5.74, 6) is -1.80. The quantitative estimate of drug-likeness (QED) is 0.675. The van der Waals surface area contributed by atoms with Gasteiger partial charge in [-0.3, -0.25) is 4.79 Å². The summed E-state index contributed by atoms with van der Waals surface area (Å²) in [4.78, 5) is 24.5. The predicted molar refractivity (Wildman–Crippen MR) is 79.0 cm³/mol. The molecule has 0 N–H and O–H groups in total. The fraction of sp³-hybridized carbons (Fsp3) is 0.0667.